The highest BCUT2D eigenvalue weighted by molar-refractivity contribution is 7.89. The highest BCUT2D eigenvalue weighted by Crippen LogP contribution is 2.25. The van der Waals surface area contributed by atoms with Gasteiger partial charge in [-0.3, -0.25) is 0 Å². The van der Waals surface area contributed by atoms with Gasteiger partial charge >= 0.3 is 0 Å². The molecular weight excluding hydrogens is 268 g/mol. The van der Waals surface area contributed by atoms with E-state index in [0.717, 1.165) is 5.82 Å². The number of aromatic nitrogens is 3. The van der Waals surface area contributed by atoms with Gasteiger partial charge in [-0.05, 0) is 13.8 Å². The summed E-state index contributed by atoms with van der Waals surface area (Å²) in [5.41, 5.74) is 0.395. The second kappa shape index (κ2) is 4.17. The molecule has 0 amide bonds. The fourth-order valence-electron chi connectivity index (χ4n) is 2.33. The number of hydrogen-bond donors (Lipinski definition) is 0. The molecule has 2 aromatic rings. The van der Waals surface area contributed by atoms with Crippen LogP contribution in [0, 0.1) is 13.8 Å². The summed E-state index contributed by atoms with van der Waals surface area (Å²) in [5, 5.41) is 3.71. The van der Waals surface area contributed by atoms with E-state index < -0.39 is 10.0 Å². The van der Waals surface area contributed by atoms with Crippen LogP contribution in [0.15, 0.2) is 21.8 Å². The van der Waals surface area contributed by atoms with Gasteiger partial charge in [-0.1, -0.05) is 5.16 Å². The van der Waals surface area contributed by atoms with Crippen LogP contribution in [0.4, 0.5) is 0 Å². The van der Waals surface area contributed by atoms with Gasteiger partial charge in [0.15, 0.2) is 5.76 Å². The molecule has 0 radical (unpaired) electrons. The van der Waals surface area contributed by atoms with Crippen molar-refractivity contribution in [3.05, 3.63) is 29.7 Å². The van der Waals surface area contributed by atoms with Crippen molar-refractivity contribution in [2.75, 3.05) is 6.54 Å². The van der Waals surface area contributed by atoms with Crippen LogP contribution in [-0.2, 0) is 23.1 Å². The van der Waals surface area contributed by atoms with E-state index >= 15 is 0 Å². The predicted octanol–water partition coefficient (Wildman–Crippen LogP) is 0.692. The lowest BCUT2D eigenvalue weighted by Gasteiger charge is -2.26. The number of aryl methyl sites for hydroxylation is 2. The molecule has 0 spiro atoms. The van der Waals surface area contributed by atoms with Crippen molar-refractivity contribution >= 4 is 10.0 Å². The first kappa shape index (κ1) is 12.4. The molecule has 3 rings (SSSR count). The molecule has 0 N–H and O–H groups in total. The molecule has 0 aliphatic carbocycles. The van der Waals surface area contributed by atoms with Gasteiger partial charge in [-0.2, -0.15) is 4.31 Å². The zero-order chi connectivity index (χ0) is 13.6. The van der Waals surface area contributed by atoms with Gasteiger partial charge in [0.2, 0.25) is 10.0 Å². The molecule has 0 bridgehead atoms. The van der Waals surface area contributed by atoms with E-state index in [9.17, 15) is 8.42 Å². The molecule has 1 aliphatic heterocycles. The largest absolute Gasteiger partial charge is 0.360 e. The number of imidazole rings is 1. The lowest BCUT2D eigenvalue weighted by molar-refractivity contribution is 0.334. The Balaban J connectivity index is 1.99. The van der Waals surface area contributed by atoms with Crippen molar-refractivity contribution < 1.29 is 12.9 Å². The topological polar surface area (TPSA) is 81.2 Å². The van der Waals surface area contributed by atoms with Crippen LogP contribution in [-0.4, -0.2) is 34.0 Å². The molecule has 2 aromatic heterocycles. The summed E-state index contributed by atoms with van der Waals surface area (Å²) in [7, 11) is -3.58. The predicted molar refractivity (Wildman–Crippen MR) is 65.8 cm³/mol. The van der Waals surface area contributed by atoms with E-state index in [1.807, 2.05) is 10.8 Å². The summed E-state index contributed by atoms with van der Waals surface area (Å²) in [4.78, 5) is 4.34. The quantitative estimate of drug-likeness (QED) is 0.809. The SMILES string of the molecule is Cc1noc(C)c1S(=O)(=O)N1CCn2ccnc2C1. The monoisotopic (exact) mass is 282 g/mol. The summed E-state index contributed by atoms with van der Waals surface area (Å²) >= 11 is 0. The van der Waals surface area contributed by atoms with Crippen molar-refractivity contribution in [2.45, 2.75) is 31.8 Å². The van der Waals surface area contributed by atoms with Gasteiger partial charge in [0.25, 0.3) is 0 Å². The van der Waals surface area contributed by atoms with E-state index in [-0.39, 0.29) is 11.4 Å². The van der Waals surface area contributed by atoms with Crippen LogP contribution in [0.25, 0.3) is 0 Å². The Morgan fingerprint density at radius 3 is 2.79 bits per heavy atom. The fourth-order valence-corrected chi connectivity index (χ4v) is 4.01. The minimum absolute atomic E-state index is 0.174. The number of nitrogens with zero attached hydrogens (tertiary/aromatic N) is 4. The Morgan fingerprint density at radius 2 is 2.11 bits per heavy atom. The van der Waals surface area contributed by atoms with Gasteiger partial charge < -0.3 is 9.09 Å². The minimum atomic E-state index is -3.58. The van der Waals surface area contributed by atoms with Crippen LogP contribution in [0.1, 0.15) is 17.3 Å². The number of hydrogen-bond acceptors (Lipinski definition) is 5. The third-order valence-corrected chi connectivity index (χ3v) is 5.37. The average molecular weight is 282 g/mol. The maximum Gasteiger partial charge on any atom is 0.248 e. The Kier molecular flexibility index (Phi) is 2.72. The maximum atomic E-state index is 12.6. The van der Waals surface area contributed by atoms with E-state index in [2.05, 4.69) is 10.1 Å². The molecule has 1 aliphatic rings. The van der Waals surface area contributed by atoms with Crippen molar-refractivity contribution in [3.63, 3.8) is 0 Å². The molecule has 0 fully saturated rings. The molecule has 0 saturated carbocycles. The molecular formula is C11H14N4O3S. The van der Waals surface area contributed by atoms with Gasteiger partial charge in [0.1, 0.15) is 16.4 Å². The Labute approximate surface area is 110 Å². The van der Waals surface area contributed by atoms with E-state index in [1.165, 1.54) is 4.31 Å². The Morgan fingerprint density at radius 1 is 1.32 bits per heavy atom. The zero-order valence-corrected chi connectivity index (χ0v) is 11.5. The highest BCUT2D eigenvalue weighted by atomic mass is 32.2. The second-order valence-corrected chi connectivity index (χ2v) is 6.40. The molecule has 0 atom stereocenters. The van der Waals surface area contributed by atoms with Gasteiger partial charge in [-0.25, -0.2) is 13.4 Å². The van der Waals surface area contributed by atoms with Crippen LogP contribution < -0.4 is 0 Å². The first-order valence-corrected chi connectivity index (χ1v) is 7.37. The number of rotatable bonds is 2. The summed E-state index contributed by atoms with van der Waals surface area (Å²) in [6, 6.07) is 0. The van der Waals surface area contributed by atoms with Crippen molar-refractivity contribution in [2.24, 2.45) is 0 Å². The molecule has 7 nitrogen and oxygen atoms in total. The molecule has 19 heavy (non-hydrogen) atoms. The lowest BCUT2D eigenvalue weighted by atomic mass is 10.4. The third-order valence-electron chi connectivity index (χ3n) is 3.28. The summed E-state index contributed by atoms with van der Waals surface area (Å²) in [5.74, 6) is 1.08. The Bertz CT molecular complexity index is 697. The second-order valence-electron chi connectivity index (χ2n) is 4.53. The van der Waals surface area contributed by atoms with Gasteiger partial charge in [0, 0.05) is 25.5 Å². The summed E-state index contributed by atoms with van der Waals surface area (Å²) < 4.78 is 33.5. The smallest absolute Gasteiger partial charge is 0.248 e. The van der Waals surface area contributed by atoms with Crippen molar-refractivity contribution in [3.8, 4) is 0 Å². The van der Waals surface area contributed by atoms with Gasteiger partial charge in [-0.15, -0.1) is 0 Å². The molecule has 0 aromatic carbocycles. The van der Waals surface area contributed by atoms with Crippen LogP contribution >= 0.6 is 0 Å². The average Bonchev–Trinajstić information content (AvgIpc) is 2.95. The number of fused-ring (bicyclic) bond motifs is 1. The fraction of sp³-hybridized carbons (Fsp3) is 0.455. The summed E-state index contributed by atoms with van der Waals surface area (Å²) in [6.45, 7) is 4.55. The molecule has 8 heteroatoms. The maximum absolute atomic E-state index is 12.6. The normalized spacial score (nSPS) is 16.5. The van der Waals surface area contributed by atoms with Crippen LogP contribution in [0.3, 0.4) is 0 Å². The number of sulfonamides is 1. The van der Waals surface area contributed by atoms with Crippen molar-refractivity contribution in [1.29, 1.82) is 0 Å². The Hall–Kier alpha value is -1.67. The third kappa shape index (κ3) is 1.87. The summed E-state index contributed by atoms with van der Waals surface area (Å²) in [6.07, 6.45) is 3.54. The molecule has 0 saturated heterocycles. The van der Waals surface area contributed by atoms with Gasteiger partial charge in [0.05, 0.1) is 6.54 Å². The highest BCUT2D eigenvalue weighted by Gasteiger charge is 2.33. The molecule has 3 heterocycles. The standard InChI is InChI=1S/C11H14N4O3S/c1-8-11(9(2)18-13-8)19(16,17)15-6-5-14-4-3-12-10(14)7-15/h3-4H,5-7H2,1-2H3. The minimum Gasteiger partial charge on any atom is -0.360 e. The van der Waals surface area contributed by atoms with Crippen molar-refractivity contribution in [1.82, 2.24) is 19.0 Å². The van der Waals surface area contributed by atoms with E-state index in [4.69, 9.17) is 4.52 Å². The first-order valence-electron chi connectivity index (χ1n) is 5.93. The van der Waals surface area contributed by atoms with Crippen LogP contribution in [0.5, 0.6) is 0 Å². The molecule has 102 valence electrons. The zero-order valence-electron chi connectivity index (χ0n) is 10.7. The first-order chi connectivity index (χ1) is 9.00. The van der Waals surface area contributed by atoms with E-state index in [1.54, 1.807) is 20.0 Å². The van der Waals surface area contributed by atoms with Crippen LogP contribution in [0.2, 0.25) is 0 Å². The van der Waals surface area contributed by atoms with E-state index in [0.29, 0.717) is 24.5 Å². The lowest BCUT2D eigenvalue weighted by Crippen LogP contribution is -2.38. The molecule has 0 unspecified atom stereocenters.